The third-order valence-electron chi connectivity index (χ3n) is 3.35. The summed E-state index contributed by atoms with van der Waals surface area (Å²) in [5.74, 6) is 1.63. The normalized spacial score (nSPS) is 17.6. The molecule has 1 aromatic heterocycles. The molecular formula is C16H18N2O2. The Morgan fingerprint density at radius 3 is 3.00 bits per heavy atom. The van der Waals surface area contributed by atoms with Crippen LogP contribution in [0.25, 0.3) is 11.1 Å². The van der Waals surface area contributed by atoms with Gasteiger partial charge in [0.2, 0.25) is 0 Å². The van der Waals surface area contributed by atoms with Crippen LogP contribution in [0, 0.1) is 0 Å². The van der Waals surface area contributed by atoms with Gasteiger partial charge in [-0.2, -0.15) is 0 Å². The van der Waals surface area contributed by atoms with E-state index in [4.69, 9.17) is 15.2 Å². The van der Waals surface area contributed by atoms with Crippen LogP contribution in [0.3, 0.4) is 0 Å². The van der Waals surface area contributed by atoms with Crippen LogP contribution in [0.1, 0.15) is 25.5 Å². The fourth-order valence-corrected chi connectivity index (χ4v) is 2.37. The van der Waals surface area contributed by atoms with Crippen LogP contribution in [0.5, 0.6) is 11.5 Å². The molecule has 1 aromatic carbocycles. The first-order valence-electron chi connectivity index (χ1n) is 6.78. The van der Waals surface area contributed by atoms with Crippen molar-refractivity contribution in [2.75, 3.05) is 6.61 Å². The molecule has 0 saturated carbocycles. The van der Waals surface area contributed by atoms with Crippen LogP contribution >= 0.6 is 0 Å². The molecule has 2 atom stereocenters. The summed E-state index contributed by atoms with van der Waals surface area (Å²) in [6.45, 7) is 4.44. The summed E-state index contributed by atoms with van der Waals surface area (Å²) in [5, 5.41) is 0. The summed E-state index contributed by atoms with van der Waals surface area (Å²) < 4.78 is 11.6. The number of nitrogens with zero attached hydrogens (tertiary/aromatic N) is 1. The number of rotatable bonds is 3. The summed E-state index contributed by atoms with van der Waals surface area (Å²) in [6, 6.07) is 7.94. The van der Waals surface area contributed by atoms with Gasteiger partial charge in [-0.3, -0.25) is 4.98 Å². The zero-order valence-electron chi connectivity index (χ0n) is 11.7. The van der Waals surface area contributed by atoms with Crippen LogP contribution in [-0.2, 0) is 0 Å². The molecule has 104 valence electrons. The Kier molecular flexibility index (Phi) is 3.32. The topological polar surface area (TPSA) is 57.4 Å². The molecule has 4 nitrogen and oxygen atoms in total. The zero-order valence-corrected chi connectivity index (χ0v) is 11.7. The SMILES string of the molecule is CC(N)COc1ccc2c(c1)OC(C)c1cnccc1-2. The largest absolute Gasteiger partial charge is 0.492 e. The van der Waals surface area contributed by atoms with Gasteiger partial charge in [0.25, 0.3) is 0 Å². The second-order valence-corrected chi connectivity index (χ2v) is 5.17. The van der Waals surface area contributed by atoms with Crippen molar-refractivity contribution >= 4 is 0 Å². The minimum atomic E-state index is -0.00474. The highest BCUT2D eigenvalue weighted by atomic mass is 16.5. The van der Waals surface area contributed by atoms with Crippen LogP contribution in [0.2, 0.25) is 0 Å². The molecule has 0 radical (unpaired) electrons. The van der Waals surface area contributed by atoms with Gasteiger partial charge in [0.15, 0.2) is 0 Å². The molecule has 1 aliphatic rings. The van der Waals surface area contributed by atoms with Crippen LogP contribution in [0.15, 0.2) is 36.7 Å². The number of benzene rings is 1. The summed E-state index contributed by atoms with van der Waals surface area (Å²) >= 11 is 0. The number of aromatic nitrogens is 1. The fraction of sp³-hybridized carbons (Fsp3) is 0.312. The Morgan fingerprint density at radius 1 is 1.35 bits per heavy atom. The lowest BCUT2D eigenvalue weighted by atomic mass is 9.95. The highest BCUT2D eigenvalue weighted by Crippen LogP contribution is 2.43. The number of nitrogens with two attached hydrogens (primary N) is 1. The monoisotopic (exact) mass is 270 g/mol. The molecule has 2 N–H and O–H groups in total. The van der Waals surface area contributed by atoms with Gasteiger partial charge in [-0.25, -0.2) is 0 Å². The van der Waals surface area contributed by atoms with E-state index in [1.165, 1.54) is 5.56 Å². The van der Waals surface area contributed by atoms with E-state index in [0.29, 0.717) is 6.61 Å². The first kappa shape index (κ1) is 12.9. The van der Waals surface area contributed by atoms with Gasteiger partial charge < -0.3 is 15.2 Å². The van der Waals surface area contributed by atoms with Crippen molar-refractivity contribution in [3.63, 3.8) is 0 Å². The van der Waals surface area contributed by atoms with Crippen molar-refractivity contribution < 1.29 is 9.47 Å². The van der Waals surface area contributed by atoms with Crippen molar-refractivity contribution in [2.24, 2.45) is 5.73 Å². The summed E-state index contributed by atoms with van der Waals surface area (Å²) in [5.41, 5.74) is 9.07. The molecule has 20 heavy (non-hydrogen) atoms. The second-order valence-electron chi connectivity index (χ2n) is 5.17. The second kappa shape index (κ2) is 5.13. The minimum absolute atomic E-state index is 0.00474. The maximum Gasteiger partial charge on any atom is 0.131 e. The quantitative estimate of drug-likeness (QED) is 0.931. The lowest BCUT2D eigenvalue weighted by Gasteiger charge is -2.26. The highest BCUT2D eigenvalue weighted by molar-refractivity contribution is 5.76. The predicted octanol–water partition coefficient (Wildman–Crippen LogP) is 2.93. The Morgan fingerprint density at radius 2 is 2.20 bits per heavy atom. The smallest absolute Gasteiger partial charge is 0.131 e. The number of hydrogen-bond acceptors (Lipinski definition) is 4. The van der Waals surface area contributed by atoms with E-state index < -0.39 is 0 Å². The van der Waals surface area contributed by atoms with Gasteiger partial charge in [0.1, 0.15) is 24.2 Å². The summed E-state index contributed by atoms with van der Waals surface area (Å²) in [7, 11) is 0. The summed E-state index contributed by atoms with van der Waals surface area (Å²) in [6.07, 6.45) is 3.67. The van der Waals surface area contributed by atoms with Gasteiger partial charge in [-0.05, 0) is 37.6 Å². The first-order chi connectivity index (χ1) is 9.65. The Bertz CT molecular complexity index is 626. The van der Waals surface area contributed by atoms with Crippen LogP contribution in [0.4, 0.5) is 0 Å². The van der Waals surface area contributed by atoms with Gasteiger partial charge in [0, 0.05) is 35.6 Å². The number of fused-ring (bicyclic) bond motifs is 3. The maximum absolute atomic E-state index is 5.95. The molecule has 2 heterocycles. The van der Waals surface area contributed by atoms with Crippen molar-refractivity contribution in [3.8, 4) is 22.6 Å². The van der Waals surface area contributed by atoms with E-state index >= 15 is 0 Å². The third-order valence-corrected chi connectivity index (χ3v) is 3.35. The molecule has 0 aliphatic carbocycles. The van der Waals surface area contributed by atoms with E-state index in [-0.39, 0.29) is 12.1 Å². The van der Waals surface area contributed by atoms with Crippen molar-refractivity contribution in [1.29, 1.82) is 0 Å². The lowest BCUT2D eigenvalue weighted by Crippen LogP contribution is -2.23. The van der Waals surface area contributed by atoms with E-state index in [1.54, 1.807) is 6.20 Å². The van der Waals surface area contributed by atoms with Crippen LogP contribution in [-0.4, -0.2) is 17.6 Å². The zero-order chi connectivity index (χ0) is 14.1. The van der Waals surface area contributed by atoms with E-state index in [9.17, 15) is 0 Å². The van der Waals surface area contributed by atoms with Gasteiger partial charge in [0.05, 0.1) is 0 Å². The molecule has 3 rings (SSSR count). The number of ether oxygens (including phenoxy) is 2. The molecule has 1 aliphatic heterocycles. The molecule has 2 unspecified atom stereocenters. The number of hydrogen-bond donors (Lipinski definition) is 1. The Balaban J connectivity index is 1.96. The first-order valence-corrected chi connectivity index (χ1v) is 6.78. The average Bonchev–Trinajstić information content (AvgIpc) is 2.45. The van der Waals surface area contributed by atoms with Crippen molar-refractivity contribution in [2.45, 2.75) is 26.0 Å². The lowest BCUT2D eigenvalue weighted by molar-refractivity contribution is 0.220. The minimum Gasteiger partial charge on any atom is -0.492 e. The third kappa shape index (κ3) is 2.34. The molecule has 0 bridgehead atoms. The molecule has 0 amide bonds. The Hall–Kier alpha value is -2.07. The molecule has 0 fully saturated rings. The molecule has 0 spiro atoms. The average molecular weight is 270 g/mol. The van der Waals surface area contributed by atoms with Gasteiger partial charge in [-0.15, -0.1) is 0 Å². The Labute approximate surface area is 118 Å². The maximum atomic E-state index is 5.95. The van der Waals surface area contributed by atoms with E-state index in [0.717, 1.165) is 22.6 Å². The van der Waals surface area contributed by atoms with Crippen molar-refractivity contribution in [3.05, 3.63) is 42.2 Å². The van der Waals surface area contributed by atoms with Gasteiger partial charge in [-0.1, -0.05) is 0 Å². The standard InChI is InChI=1S/C16H18N2O2/c1-10(17)9-19-12-3-4-14-13-5-6-18-8-15(13)11(2)20-16(14)7-12/h3-8,10-11H,9,17H2,1-2H3. The predicted molar refractivity (Wildman–Crippen MR) is 77.9 cm³/mol. The van der Waals surface area contributed by atoms with E-state index in [1.807, 2.05) is 44.3 Å². The molecular weight excluding hydrogens is 252 g/mol. The van der Waals surface area contributed by atoms with Crippen molar-refractivity contribution in [1.82, 2.24) is 4.98 Å². The highest BCUT2D eigenvalue weighted by Gasteiger charge is 2.23. The van der Waals surface area contributed by atoms with Gasteiger partial charge >= 0.3 is 0 Å². The number of pyridine rings is 1. The van der Waals surface area contributed by atoms with E-state index in [2.05, 4.69) is 4.98 Å². The van der Waals surface area contributed by atoms with Crippen LogP contribution < -0.4 is 15.2 Å². The molecule has 0 saturated heterocycles. The summed E-state index contributed by atoms with van der Waals surface area (Å²) in [4.78, 5) is 4.17. The fourth-order valence-electron chi connectivity index (χ4n) is 2.37. The molecule has 4 heteroatoms. The molecule has 2 aromatic rings.